The van der Waals surface area contributed by atoms with Crippen LogP contribution in [0.4, 0.5) is 11.4 Å². The largest absolute Gasteiger partial charge is 0.493 e. The summed E-state index contributed by atoms with van der Waals surface area (Å²) in [5.41, 5.74) is 6.84. The summed E-state index contributed by atoms with van der Waals surface area (Å²) in [6.45, 7) is 2.65. The molecule has 0 aliphatic rings. The summed E-state index contributed by atoms with van der Waals surface area (Å²) in [5, 5.41) is 18.7. The van der Waals surface area contributed by atoms with Gasteiger partial charge in [0.2, 0.25) is 0 Å². The summed E-state index contributed by atoms with van der Waals surface area (Å²) >= 11 is 0. The topological polar surface area (TPSA) is 132 Å². The number of unbranched alkanes of at least 4 members (excludes halogenated alkanes) is 15. The normalized spacial score (nSPS) is 10.9. The molecule has 0 saturated carbocycles. The Kier molecular flexibility index (Phi) is 20.6. The fourth-order valence-electron chi connectivity index (χ4n) is 5.35. The molecule has 0 unspecified atom stereocenters. The van der Waals surface area contributed by atoms with Gasteiger partial charge in [-0.25, -0.2) is 0 Å². The van der Waals surface area contributed by atoms with Crippen molar-refractivity contribution >= 4 is 23.3 Å². The Labute approximate surface area is 276 Å². The minimum absolute atomic E-state index is 0.349. The summed E-state index contributed by atoms with van der Waals surface area (Å²) in [6, 6.07) is 12.3. The Morgan fingerprint density at radius 1 is 0.587 bits per heavy atom. The first-order valence-corrected chi connectivity index (χ1v) is 17.4. The minimum Gasteiger partial charge on any atom is -0.493 e. The number of carboxylic acid groups (broad SMARTS) is 2. The number of hydrogen-bond donors (Lipinski definition) is 3. The van der Waals surface area contributed by atoms with E-state index in [0.717, 1.165) is 12.8 Å². The number of benzene rings is 2. The van der Waals surface area contributed by atoms with Crippen molar-refractivity contribution in [1.29, 1.82) is 0 Å². The predicted molar refractivity (Wildman–Crippen MR) is 185 cm³/mol. The van der Waals surface area contributed by atoms with Crippen LogP contribution in [-0.2, 0) is 9.59 Å². The molecule has 0 heterocycles. The lowest BCUT2D eigenvalue weighted by molar-refractivity contribution is -0.136. The van der Waals surface area contributed by atoms with Gasteiger partial charge in [-0.3, -0.25) is 9.59 Å². The van der Waals surface area contributed by atoms with E-state index < -0.39 is 25.0 Å². The maximum atomic E-state index is 11.4. The van der Waals surface area contributed by atoms with Gasteiger partial charge in [0.25, 0.3) is 0 Å². The first kappa shape index (κ1) is 38.6. The second-order valence-electron chi connectivity index (χ2n) is 12.1. The molecule has 46 heavy (non-hydrogen) atoms. The van der Waals surface area contributed by atoms with Crippen molar-refractivity contribution < 1.29 is 34.0 Å². The zero-order chi connectivity index (χ0) is 33.2. The molecule has 9 heteroatoms. The SMILES string of the molecule is CCCCCCCCCCCCCCCCCCOc1cc(OCCCOc2cccc(N)c2)cc(N(CC(=O)O)CC(=O)O)c1. The van der Waals surface area contributed by atoms with Crippen LogP contribution in [0.15, 0.2) is 42.5 Å². The van der Waals surface area contributed by atoms with E-state index in [4.69, 9.17) is 19.9 Å². The Morgan fingerprint density at radius 3 is 1.48 bits per heavy atom. The van der Waals surface area contributed by atoms with Crippen molar-refractivity contribution in [3.63, 3.8) is 0 Å². The molecule has 258 valence electrons. The lowest BCUT2D eigenvalue weighted by Crippen LogP contribution is -2.34. The van der Waals surface area contributed by atoms with E-state index in [1.807, 2.05) is 12.1 Å². The number of carboxylic acids is 2. The van der Waals surface area contributed by atoms with E-state index in [2.05, 4.69) is 6.92 Å². The van der Waals surface area contributed by atoms with Crippen molar-refractivity contribution in [2.75, 3.05) is 43.5 Å². The van der Waals surface area contributed by atoms with Crippen LogP contribution in [-0.4, -0.2) is 55.1 Å². The van der Waals surface area contributed by atoms with Crippen LogP contribution in [0, 0.1) is 0 Å². The van der Waals surface area contributed by atoms with Crippen LogP contribution in [0.3, 0.4) is 0 Å². The van der Waals surface area contributed by atoms with Gasteiger partial charge in [0.1, 0.15) is 30.3 Å². The Balaban J connectivity index is 1.72. The zero-order valence-electron chi connectivity index (χ0n) is 28.1. The first-order chi connectivity index (χ1) is 22.4. The number of ether oxygens (including phenoxy) is 3. The second-order valence-corrected chi connectivity index (χ2v) is 12.1. The summed E-state index contributed by atoms with van der Waals surface area (Å²) in [5.74, 6) is -0.567. The van der Waals surface area contributed by atoms with E-state index >= 15 is 0 Å². The highest BCUT2D eigenvalue weighted by Crippen LogP contribution is 2.29. The molecule has 0 radical (unpaired) electrons. The van der Waals surface area contributed by atoms with Gasteiger partial charge in [-0.15, -0.1) is 0 Å². The van der Waals surface area contributed by atoms with Crippen molar-refractivity contribution in [2.24, 2.45) is 0 Å². The average molecular weight is 643 g/mol. The molecule has 0 atom stereocenters. The number of nitrogens with zero attached hydrogens (tertiary/aromatic N) is 1. The number of carbonyl (C=O) groups is 2. The fraction of sp³-hybridized carbons (Fsp3) is 0.622. The maximum Gasteiger partial charge on any atom is 0.323 e. The summed E-state index contributed by atoms with van der Waals surface area (Å²) in [7, 11) is 0. The monoisotopic (exact) mass is 642 g/mol. The number of aliphatic carboxylic acids is 2. The van der Waals surface area contributed by atoms with Crippen molar-refractivity contribution in [3.8, 4) is 17.2 Å². The lowest BCUT2D eigenvalue weighted by atomic mass is 10.0. The van der Waals surface area contributed by atoms with Gasteiger partial charge in [-0.2, -0.15) is 0 Å². The van der Waals surface area contributed by atoms with Crippen LogP contribution in [0.25, 0.3) is 0 Å². The van der Waals surface area contributed by atoms with Crippen molar-refractivity contribution in [2.45, 2.75) is 116 Å². The maximum absolute atomic E-state index is 11.4. The number of nitrogen functional groups attached to an aromatic ring is 1. The van der Waals surface area contributed by atoms with Gasteiger partial charge in [0.15, 0.2) is 0 Å². The van der Waals surface area contributed by atoms with E-state index in [1.54, 1.807) is 30.3 Å². The molecule has 0 saturated heterocycles. The number of anilines is 2. The Bertz CT molecular complexity index is 1090. The molecule has 4 N–H and O–H groups in total. The van der Waals surface area contributed by atoms with Gasteiger partial charge in [-0.05, 0) is 18.6 Å². The molecule has 2 aromatic carbocycles. The highest BCUT2D eigenvalue weighted by atomic mass is 16.5. The van der Waals surface area contributed by atoms with Gasteiger partial charge in [-0.1, -0.05) is 109 Å². The fourth-order valence-corrected chi connectivity index (χ4v) is 5.35. The van der Waals surface area contributed by atoms with Crippen LogP contribution in [0.5, 0.6) is 17.2 Å². The zero-order valence-corrected chi connectivity index (χ0v) is 28.1. The Hall–Kier alpha value is -3.62. The smallest absolute Gasteiger partial charge is 0.323 e. The molecule has 0 aliphatic heterocycles. The van der Waals surface area contributed by atoms with Crippen molar-refractivity contribution in [1.82, 2.24) is 0 Å². The van der Waals surface area contributed by atoms with Crippen LogP contribution < -0.4 is 24.8 Å². The minimum atomic E-state index is -1.12. The molecule has 0 aromatic heterocycles. The summed E-state index contributed by atoms with van der Waals surface area (Å²) in [6.07, 6.45) is 21.4. The van der Waals surface area contributed by atoms with Gasteiger partial charge in [0.05, 0.1) is 19.8 Å². The van der Waals surface area contributed by atoms with E-state index in [0.29, 0.717) is 54.9 Å². The predicted octanol–water partition coefficient (Wildman–Crippen LogP) is 8.73. The lowest BCUT2D eigenvalue weighted by Gasteiger charge is -2.22. The third-order valence-electron chi connectivity index (χ3n) is 7.83. The summed E-state index contributed by atoms with van der Waals surface area (Å²) in [4.78, 5) is 24.2. The average Bonchev–Trinajstić information content (AvgIpc) is 3.01. The number of hydrogen-bond acceptors (Lipinski definition) is 7. The number of rotatable bonds is 29. The van der Waals surface area contributed by atoms with E-state index in [9.17, 15) is 19.8 Å². The molecule has 0 spiro atoms. The van der Waals surface area contributed by atoms with Crippen LogP contribution in [0.2, 0.25) is 0 Å². The van der Waals surface area contributed by atoms with E-state index in [1.165, 1.54) is 94.8 Å². The van der Waals surface area contributed by atoms with Crippen LogP contribution >= 0.6 is 0 Å². The van der Waals surface area contributed by atoms with Gasteiger partial charge < -0.3 is 35.1 Å². The molecule has 2 aromatic rings. The highest BCUT2D eigenvalue weighted by Gasteiger charge is 2.17. The van der Waals surface area contributed by atoms with Gasteiger partial charge in [0, 0.05) is 42.1 Å². The third kappa shape index (κ3) is 19.0. The third-order valence-corrected chi connectivity index (χ3v) is 7.83. The molecule has 0 amide bonds. The number of nitrogens with two attached hydrogens (primary N) is 1. The Morgan fingerprint density at radius 2 is 1.02 bits per heavy atom. The van der Waals surface area contributed by atoms with E-state index in [-0.39, 0.29) is 0 Å². The standard InChI is InChI=1S/C37H58N2O7/c1-2-3-4-5-6-7-8-9-10-11-12-13-14-15-16-17-22-45-34-26-32(39(29-36(40)41)30-37(42)43)27-35(28-34)46-24-19-23-44-33-21-18-20-31(38)25-33/h18,20-21,25-28H,2-17,19,22-24,29-30,38H2,1H3,(H,40,41)(H,42,43). The first-order valence-electron chi connectivity index (χ1n) is 17.4. The molecule has 2 rings (SSSR count). The van der Waals surface area contributed by atoms with Gasteiger partial charge >= 0.3 is 11.9 Å². The highest BCUT2D eigenvalue weighted by molar-refractivity contribution is 5.80. The molecule has 0 fully saturated rings. The van der Waals surface area contributed by atoms with Crippen molar-refractivity contribution in [3.05, 3.63) is 42.5 Å². The molecular weight excluding hydrogens is 584 g/mol. The quantitative estimate of drug-likeness (QED) is 0.0589. The molecular formula is C37H58N2O7. The molecule has 0 bridgehead atoms. The summed E-state index contributed by atoms with van der Waals surface area (Å²) < 4.78 is 17.7. The molecule has 0 aliphatic carbocycles. The molecule has 9 nitrogen and oxygen atoms in total. The van der Waals surface area contributed by atoms with Crippen LogP contribution in [0.1, 0.15) is 116 Å². The second kappa shape index (κ2) is 24.6.